The molecule has 0 saturated carbocycles. The Kier molecular flexibility index (Phi) is 10.6. The highest BCUT2D eigenvalue weighted by Crippen LogP contribution is 2.60. The van der Waals surface area contributed by atoms with Crippen molar-refractivity contribution in [2.45, 2.75) is 89.8 Å². The zero-order valence-electron chi connectivity index (χ0n) is 28.8. The van der Waals surface area contributed by atoms with Gasteiger partial charge in [0.1, 0.15) is 5.75 Å². The van der Waals surface area contributed by atoms with E-state index >= 15 is 0 Å². The van der Waals surface area contributed by atoms with Gasteiger partial charge in [0.05, 0.1) is 37.1 Å². The van der Waals surface area contributed by atoms with E-state index in [1.165, 1.54) is 11.1 Å². The maximum absolute atomic E-state index is 14.7. The molecule has 1 aromatic heterocycles. The van der Waals surface area contributed by atoms with E-state index in [4.69, 9.17) is 9.47 Å². The van der Waals surface area contributed by atoms with Crippen molar-refractivity contribution < 1.29 is 24.2 Å². The summed E-state index contributed by atoms with van der Waals surface area (Å²) in [5.74, 6) is 0.0259. The van der Waals surface area contributed by atoms with Crippen molar-refractivity contribution in [1.82, 2.24) is 15.0 Å². The van der Waals surface area contributed by atoms with Crippen LogP contribution < -0.4 is 9.64 Å². The standard InChI is InChI=1S/C37H50N4O5Si/c1-25(2)12-11-13-26(3)18-21-41-33-17-16-29(45-5)22-31(33)37(36(41)43)27(4)35(47(6,7)44)34(46-37)19-20-40-23-32(38-39-40)30(24-42)28-14-9-8-10-15-28/h8-10,12,14-18,22-23,27,30,34-35,42,44H,11,13,19-21,24H2,1-7H3/b26-18+/t27-,30?,34+,35-,37+/m1/s1. The average molecular weight is 659 g/mol. The largest absolute Gasteiger partial charge is 0.497 e. The molecule has 1 amide bonds. The summed E-state index contributed by atoms with van der Waals surface area (Å²) in [6, 6.07) is 15.6. The molecule has 3 heterocycles. The normalized spacial score (nSPS) is 23.3. The van der Waals surface area contributed by atoms with Crippen LogP contribution in [0.25, 0.3) is 0 Å². The highest BCUT2D eigenvalue weighted by molar-refractivity contribution is 6.71. The van der Waals surface area contributed by atoms with Crippen molar-refractivity contribution in [1.29, 1.82) is 0 Å². The second-order valence-electron chi connectivity index (χ2n) is 13.9. The molecule has 47 heavy (non-hydrogen) atoms. The van der Waals surface area contributed by atoms with E-state index in [9.17, 15) is 14.7 Å². The molecule has 1 fully saturated rings. The number of methoxy groups -OCH3 is 1. The zero-order chi connectivity index (χ0) is 33.9. The SMILES string of the molecule is COc1ccc2c(c1)[C@]1(O[C@@H](CCn3cc(C(CO)c4ccccc4)nn3)[C@H]([Si](C)(C)O)[C@H]1C)C(=O)N2C/C=C(\C)CCC=C(C)C. The third-order valence-corrected chi connectivity index (χ3v) is 12.3. The van der Waals surface area contributed by atoms with Crippen molar-refractivity contribution in [3.05, 3.63) is 94.8 Å². The van der Waals surface area contributed by atoms with E-state index in [0.29, 0.717) is 31.0 Å². The fraction of sp³-hybridized carbons (Fsp3) is 0.486. The van der Waals surface area contributed by atoms with Gasteiger partial charge >= 0.3 is 0 Å². The minimum Gasteiger partial charge on any atom is -0.497 e. The minimum absolute atomic E-state index is 0.0769. The zero-order valence-corrected chi connectivity index (χ0v) is 29.8. The van der Waals surface area contributed by atoms with Crippen LogP contribution in [-0.2, 0) is 21.7 Å². The summed E-state index contributed by atoms with van der Waals surface area (Å²) in [4.78, 5) is 28.2. The van der Waals surface area contributed by atoms with Crippen LogP contribution in [0.2, 0.25) is 18.6 Å². The Balaban J connectivity index is 1.42. The molecule has 0 aliphatic carbocycles. The molecule has 2 aromatic carbocycles. The predicted octanol–water partition coefficient (Wildman–Crippen LogP) is 6.34. The molecule has 3 aromatic rings. The summed E-state index contributed by atoms with van der Waals surface area (Å²) < 4.78 is 14.4. The Hall–Kier alpha value is -3.57. The highest BCUT2D eigenvalue weighted by atomic mass is 28.4. The number of aliphatic hydroxyl groups is 1. The molecule has 0 bridgehead atoms. The lowest BCUT2D eigenvalue weighted by molar-refractivity contribution is -0.145. The third-order valence-electron chi connectivity index (χ3n) is 9.85. The number of nitrogens with zero attached hydrogens (tertiary/aromatic N) is 4. The minimum atomic E-state index is -2.82. The lowest BCUT2D eigenvalue weighted by atomic mass is 9.82. The van der Waals surface area contributed by atoms with Gasteiger partial charge in [-0.05, 0) is 76.9 Å². The molecule has 0 radical (unpaired) electrons. The van der Waals surface area contributed by atoms with Gasteiger partial charge in [0.2, 0.25) is 0 Å². The number of amides is 1. The molecule has 9 nitrogen and oxygen atoms in total. The number of aryl methyl sites for hydroxylation is 1. The lowest BCUT2D eigenvalue weighted by Crippen LogP contribution is -2.46. The number of rotatable bonds is 13. The molecule has 1 unspecified atom stereocenters. The van der Waals surface area contributed by atoms with E-state index in [0.717, 1.165) is 29.7 Å². The number of aliphatic hydroxyl groups excluding tert-OH is 1. The Morgan fingerprint density at radius 3 is 2.55 bits per heavy atom. The fourth-order valence-electron chi connectivity index (χ4n) is 7.47. The smallest absolute Gasteiger partial charge is 0.264 e. The second kappa shape index (κ2) is 14.3. The second-order valence-corrected chi connectivity index (χ2v) is 17.8. The number of carbonyl (C=O) groups is 1. The van der Waals surface area contributed by atoms with Gasteiger partial charge < -0.3 is 24.3 Å². The molecule has 5 rings (SSSR count). The lowest BCUT2D eigenvalue weighted by Gasteiger charge is -2.32. The van der Waals surface area contributed by atoms with Gasteiger partial charge in [-0.1, -0.05) is 65.8 Å². The third kappa shape index (κ3) is 7.01. The van der Waals surface area contributed by atoms with Gasteiger partial charge in [0, 0.05) is 36.3 Å². The first-order valence-corrected chi connectivity index (χ1v) is 19.7. The van der Waals surface area contributed by atoms with Crippen molar-refractivity contribution in [2.24, 2.45) is 5.92 Å². The number of ether oxygens (including phenoxy) is 2. The maximum atomic E-state index is 14.7. The summed E-state index contributed by atoms with van der Waals surface area (Å²) in [7, 11) is -1.20. The summed E-state index contributed by atoms with van der Waals surface area (Å²) in [6.07, 6.45) is 8.31. The highest BCUT2D eigenvalue weighted by Gasteiger charge is 2.66. The quantitative estimate of drug-likeness (QED) is 0.163. The molecule has 2 aliphatic rings. The van der Waals surface area contributed by atoms with Gasteiger partial charge in [-0.15, -0.1) is 5.10 Å². The van der Waals surface area contributed by atoms with Gasteiger partial charge in [0.15, 0.2) is 13.9 Å². The molecule has 252 valence electrons. The summed E-state index contributed by atoms with van der Waals surface area (Å²) in [6.45, 7) is 13.1. The van der Waals surface area contributed by atoms with Crippen LogP contribution in [0.1, 0.15) is 69.7 Å². The maximum Gasteiger partial charge on any atom is 0.264 e. The Morgan fingerprint density at radius 1 is 1.15 bits per heavy atom. The Bertz CT molecular complexity index is 1610. The molecule has 2 aliphatic heterocycles. The van der Waals surface area contributed by atoms with E-state index in [1.807, 2.05) is 72.7 Å². The van der Waals surface area contributed by atoms with Crippen LogP contribution in [-0.4, -0.2) is 65.5 Å². The van der Waals surface area contributed by atoms with Crippen LogP contribution in [0.3, 0.4) is 0 Å². The van der Waals surface area contributed by atoms with E-state index in [2.05, 4.69) is 50.2 Å². The molecule has 10 heteroatoms. The van der Waals surface area contributed by atoms with Crippen molar-refractivity contribution in [3.8, 4) is 5.75 Å². The molecule has 5 atom stereocenters. The predicted molar refractivity (Wildman–Crippen MR) is 187 cm³/mol. The summed E-state index contributed by atoms with van der Waals surface area (Å²) in [5, 5.41) is 18.9. The summed E-state index contributed by atoms with van der Waals surface area (Å²) >= 11 is 0. The number of allylic oxidation sites excluding steroid dienone is 3. The van der Waals surface area contributed by atoms with Crippen LogP contribution in [0.15, 0.2) is 78.0 Å². The first-order chi connectivity index (χ1) is 22.4. The van der Waals surface area contributed by atoms with E-state index in [1.54, 1.807) is 11.8 Å². The van der Waals surface area contributed by atoms with Gasteiger partial charge in [-0.25, -0.2) is 0 Å². The van der Waals surface area contributed by atoms with Gasteiger partial charge in [0.25, 0.3) is 5.91 Å². The first-order valence-electron chi connectivity index (χ1n) is 16.7. The number of hydrogen-bond acceptors (Lipinski definition) is 7. The average Bonchev–Trinajstić information content (AvgIpc) is 3.69. The number of benzene rings is 2. The van der Waals surface area contributed by atoms with Gasteiger partial charge in [-0.2, -0.15) is 0 Å². The van der Waals surface area contributed by atoms with Crippen LogP contribution in [0.4, 0.5) is 5.69 Å². The number of fused-ring (bicyclic) bond motifs is 2. The number of anilines is 1. The number of carbonyl (C=O) groups excluding carboxylic acids is 1. The Morgan fingerprint density at radius 2 is 1.89 bits per heavy atom. The topological polar surface area (TPSA) is 110 Å². The monoisotopic (exact) mass is 658 g/mol. The molecular formula is C37H50N4O5Si. The van der Waals surface area contributed by atoms with Crippen molar-refractivity contribution in [3.63, 3.8) is 0 Å². The van der Waals surface area contributed by atoms with E-state index < -0.39 is 13.9 Å². The van der Waals surface area contributed by atoms with Crippen LogP contribution >= 0.6 is 0 Å². The Labute approximate surface area is 280 Å². The molecular weight excluding hydrogens is 609 g/mol. The number of hydrogen-bond donors (Lipinski definition) is 2. The number of aromatic nitrogens is 3. The van der Waals surface area contributed by atoms with Gasteiger partial charge in [-0.3, -0.25) is 9.48 Å². The van der Waals surface area contributed by atoms with Crippen molar-refractivity contribution >= 4 is 19.9 Å². The first kappa shape index (κ1) is 34.8. The van der Waals surface area contributed by atoms with Crippen LogP contribution in [0.5, 0.6) is 5.75 Å². The van der Waals surface area contributed by atoms with E-state index in [-0.39, 0.29) is 36.0 Å². The summed E-state index contributed by atoms with van der Waals surface area (Å²) in [5.41, 5.74) is 4.38. The van der Waals surface area contributed by atoms with Crippen molar-refractivity contribution in [2.75, 3.05) is 25.2 Å². The molecule has 1 spiro atoms. The molecule has 2 N–H and O–H groups in total. The fourth-order valence-corrected chi connectivity index (χ4v) is 10.1. The molecule has 1 saturated heterocycles. The van der Waals surface area contributed by atoms with Crippen LogP contribution in [0, 0.1) is 5.92 Å².